The van der Waals surface area contributed by atoms with Crippen molar-refractivity contribution >= 4 is 53.8 Å². The van der Waals surface area contributed by atoms with Gasteiger partial charge in [-0.15, -0.1) is 0 Å². The van der Waals surface area contributed by atoms with E-state index in [1.807, 2.05) is 12.1 Å². The maximum absolute atomic E-state index is 11.3. The first-order chi connectivity index (χ1) is 6.09. The van der Waals surface area contributed by atoms with Crippen molar-refractivity contribution in [3.05, 3.63) is 32.2 Å². The third kappa shape index (κ3) is 1.57. The highest BCUT2D eigenvalue weighted by Crippen LogP contribution is 2.40. The van der Waals surface area contributed by atoms with Crippen molar-refractivity contribution in [3.8, 4) is 0 Å². The van der Waals surface area contributed by atoms with E-state index in [0.717, 1.165) is 14.5 Å². The van der Waals surface area contributed by atoms with Crippen molar-refractivity contribution in [1.82, 2.24) is 0 Å². The average Bonchev–Trinajstić information content (AvgIpc) is 2.27. The highest BCUT2D eigenvalue weighted by Gasteiger charge is 2.31. The Bertz CT molecular complexity index is 389. The van der Waals surface area contributed by atoms with E-state index in [-0.39, 0.29) is 11.0 Å². The Morgan fingerprint density at radius 3 is 2.69 bits per heavy atom. The standard InChI is InChI=1S/C8H3Br3O2/c9-3-1-4-6(5(10)2-3)8(12)13-7(4)11/h1-2,7H. The Kier molecular flexibility index (Phi) is 2.51. The molecule has 1 aromatic rings. The fourth-order valence-electron chi connectivity index (χ4n) is 1.20. The highest BCUT2D eigenvalue weighted by molar-refractivity contribution is 9.11. The quantitative estimate of drug-likeness (QED) is 0.513. The second-order valence-electron chi connectivity index (χ2n) is 2.57. The third-order valence-corrected chi connectivity index (χ3v) is 3.51. The molecule has 5 heteroatoms. The van der Waals surface area contributed by atoms with Crippen LogP contribution in [0.25, 0.3) is 0 Å². The lowest BCUT2D eigenvalue weighted by atomic mass is 10.1. The van der Waals surface area contributed by atoms with Crippen LogP contribution >= 0.6 is 47.8 Å². The van der Waals surface area contributed by atoms with Crippen LogP contribution in [0.4, 0.5) is 0 Å². The van der Waals surface area contributed by atoms with E-state index in [4.69, 9.17) is 4.74 Å². The predicted molar refractivity (Wildman–Crippen MR) is 58.9 cm³/mol. The molecule has 0 fully saturated rings. The average molecular weight is 371 g/mol. The molecule has 1 unspecified atom stereocenters. The summed E-state index contributed by atoms with van der Waals surface area (Å²) in [6.07, 6.45) is 0. The zero-order valence-electron chi connectivity index (χ0n) is 6.18. The number of rotatable bonds is 0. The van der Waals surface area contributed by atoms with E-state index in [0.29, 0.717) is 5.56 Å². The SMILES string of the molecule is O=C1OC(Br)c2cc(Br)cc(Br)c21. The van der Waals surface area contributed by atoms with Crippen molar-refractivity contribution in [1.29, 1.82) is 0 Å². The number of ether oxygens (including phenoxy) is 1. The third-order valence-electron chi connectivity index (χ3n) is 1.74. The molecule has 1 aliphatic heterocycles. The summed E-state index contributed by atoms with van der Waals surface area (Å²) in [7, 11) is 0. The Labute approximate surface area is 100 Å². The lowest BCUT2D eigenvalue weighted by molar-refractivity contribution is 0.0529. The summed E-state index contributed by atoms with van der Waals surface area (Å²) in [4.78, 5) is 11.3. The van der Waals surface area contributed by atoms with Gasteiger partial charge in [0.15, 0.2) is 5.01 Å². The van der Waals surface area contributed by atoms with Gasteiger partial charge < -0.3 is 4.74 Å². The molecule has 1 aromatic carbocycles. The number of carbonyl (C=O) groups is 1. The molecule has 0 aliphatic carbocycles. The molecule has 0 aromatic heterocycles. The normalized spacial score (nSPS) is 19.9. The Balaban J connectivity index is 2.69. The minimum atomic E-state index is -0.330. The molecule has 1 aliphatic rings. The summed E-state index contributed by atoms with van der Waals surface area (Å²) in [5.41, 5.74) is 1.45. The number of hydrogen-bond donors (Lipinski definition) is 0. The van der Waals surface area contributed by atoms with Crippen LogP contribution in [0.5, 0.6) is 0 Å². The molecular formula is C8H3Br3O2. The van der Waals surface area contributed by atoms with Gasteiger partial charge >= 0.3 is 5.97 Å². The first-order valence-corrected chi connectivity index (χ1v) is 5.94. The number of benzene rings is 1. The topological polar surface area (TPSA) is 26.3 Å². The van der Waals surface area contributed by atoms with Crippen LogP contribution < -0.4 is 0 Å². The van der Waals surface area contributed by atoms with Crippen LogP contribution in [0.1, 0.15) is 20.9 Å². The molecule has 0 saturated carbocycles. The molecule has 2 nitrogen and oxygen atoms in total. The van der Waals surface area contributed by atoms with Crippen LogP contribution in [-0.2, 0) is 4.74 Å². The van der Waals surface area contributed by atoms with E-state index >= 15 is 0 Å². The number of hydrogen-bond acceptors (Lipinski definition) is 2. The maximum atomic E-state index is 11.3. The second-order valence-corrected chi connectivity index (χ2v) is 5.17. The molecule has 2 rings (SSSR count). The molecule has 0 N–H and O–H groups in total. The zero-order chi connectivity index (χ0) is 9.59. The lowest BCUT2D eigenvalue weighted by Gasteiger charge is -2.01. The Morgan fingerprint density at radius 1 is 1.31 bits per heavy atom. The maximum Gasteiger partial charge on any atom is 0.341 e. The number of fused-ring (bicyclic) bond motifs is 1. The van der Waals surface area contributed by atoms with Crippen molar-refractivity contribution in [2.75, 3.05) is 0 Å². The molecule has 13 heavy (non-hydrogen) atoms. The van der Waals surface area contributed by atoms with E-state index in [9.17, 15) is 4.79 Å². The van der Waals surface area contributed by atoms with Crippen molar-refractivity contribution in [2.45, 2.75) is 5.01 Å². The largest absolute Gasteiger partial charge is 0.442 e. The summed E-state index contributed by atoms with van der Waals surface area (Å²) in [6, 6.07) is 3.69. The van der Waals surface area contributed by atoms with E-state index in [2.05, 4.69) is 47.8 Å². The van der Waals surface area contributed by atoms with E-state index in [1.165, 1.54) is 0 Å². The smallest absolute Gasteiger partial charge is 0.341 e. The summed E-state index contributed by atoms with van der Waals surface area (Å²) < 4.78 is 6.67. The van der Waals surface area contributed by atoms with E-state index < -0.39 is 0 Å². The van der Waals surface area contributed by atoms with Gasteiger partial charge in [0.1, 0.15) is 0 Å². The number of esters is 1. The molecule has 1 atom stereocenters. The van der Waals surface area contributed by atoms with Gasteiger partial charge in [-0.1, -0.05) is 15.9 Å². The van der Waals surface area contributed by atoms with Gasteiger partial charge in [0, 0.05) is 14.5 Å². The first-order valence-electron chi connectivity index (χ1n) is 3.43. The molecule has 0 saturated heterocycles. The van der Waals surface area contributed by atoms with Gasteiger partial charge in [-0.2, -0.15) is 0 Å². The molecule has 68 valence electrons. The molecular weight excluding hydrogens is 368 g/mol. The number of cyclic esters (lactones) is 1. The van der Waals surface area contributed by atoms with Gasteiger partial charge in [-0.25, -0.2) is 4.79 Å². The summed E-state index contributed by atoms with van der Waals surface area (Å²) in [5.74, 6) is -0.295. The van der Waals surface area contributed by atoms with Gasteiger partial charge in [0.2, 0.25) is 0 Å². The van der Waals surface area contributed by atoms with Gasteiger partial charge in [-0.05, 0) is 44.0 Å². The molecule has 0 radical (unpaired) electrons. The zero-order valence-corrected chi connectivity index (χ0v) is 10.9. The number of halogens is 3. The van der Waals surface area contributed by atoms with Crippen molar-refractivity contribution in [2.24, 2.45) is 0 Å². The van der Waals surface area contributed by atoms with E-state index in [1.54, 1.807) is 0 Å². The van der Waals surface area contributed by atoms with Crippen LogP contribution in [0.2, 0.25) is 0 Å². The van der Waals surface area contributed by atoms with Gasteiger partial charge in [0.25, 0.3) is 0 Å². The Morgan fingerprint density at radius 2 is 2.00 bits per heavy atom. The minimum absolute atomic E-state index is 0.295. The summed E-state index contributed by atoms with van der Waals surface area (Å²) in [5, 5.41) is -0.330. The van der Waals surface area contributed by atoms with Crippen LogP contribution in [0.3, 0.4) is 0 Å². The van der Waals surface area contributed by atoms with Crippen LogP contribution in [0.15, 0.2) is 21.1 Å². The number of alkyl halides is 1. The Hall–Kier alpha value is 0.130. The highest BCUT2D eigenvalue weighted by atomic mass is 79.9. The van der Waals surface area contributed by atoms with Crippen LogP contribution in [-0.4, -0.2) is 5.97 Å². The monoisotopic (exact) mass is 368 g/mol. The van der Waals surface area contributed by atoms with Gasteiger partial charge in [-0.3, -0.25) is 0 Å². The van der Waals surface area contributed by atoms with Crippen LogP contribution in [0, 0.1) is 0 Å². The van der Waals surface area contributed by atoms with Crippen molar-refractivity contribution in [3.63, 3.8) is 0 Å². The fraction of sp³-hybridized carbons (Fsp3) is 0.125. The second kappa shape index (κ2) is 3.37. The first kappa shape index (κ1) is 9.68. The fourth-order valence-corrected chi connectivity index (χ4v) is 3.16. The molecule has 1 heterocycles. The molecule has 0 bridgehead atoms. The minimum Gasteiger partial charge on any atom is -0.442 e. The predicted octanol–water partition coefficient (Wildman–Crippen LogP) is 3.78. The lowest BCUT2D eigenvalue weighted by Crippen LogP contribution is -1.94. The molecule has 0 amide bonds. The summed E-state index contributed by atoms with van der Waals surface area (Å²) in [6.45, 7) is 0. The van der Waals surface area contributed by atoms with Gasteiger partial charge in [0.05, 0.1) is 5.56 Å². The van der Waals surface area contributed by atoms with Crippen molar-refractivity contribution < 1.29 is 9.53 Å². The molecule has 0 spiro atoms. The summed E-state index contributed by atoms with van der Waals surface area (Å²) >= 11 is 9.92. The number of carbonyl (C=O) groups excluding carboxylic acids is 1.